The van der Waals surface area contributed by atoms with Gasteiger partial charge in [-0.3, -0.25) is 19.9 Å². The van der Waals surface area contributed by atoms with Crippen LogP contribution >= 0.6 is 0 Å². The fraction of sp³-hybridized carbons (Fsp3) is 0.200. The standard InChI is InChI=1S/C20H15FN4O5/c1-29-15-6-12-11(4-13(15)21)8-25(17(12)26)9-20(18(27)23-19(28)24-20)16-5-10-7-22-3-2-14(10)30-16/h2-7H,8-9H2,1H3,(H2,23,24,27,28)/t20-/m0/s1. The normalized spacial score (nSPS) is 20.5. The quantitative estimate of drug-likeness (QED) is 0.633. The Morgan fingerprint density at radius 3 is 2.83 bits per heavy atom. The number of rotatable bonds is 4. The Labute approximate surface area is 168 Å². The summed E-state index contributed by atoms with van der Waals surface area (Å²) in [6, 6.07) is 5.10. The van der Waals surface area contributed by atoms with Gasteiger partial charge in [-0.25, -0.2) is 9.18 Å². The summed E-state index contributed by atoms with van der Waals surface area (Å²) in [6.45, 7) is -0.128. The minimum Gasteiger partial charge on any atom is -0.494 e. The number of halogens is 1. The number of methoxy groups -OCH3 is 1. The number of benzene rings is 1. The summed E-state index contributed by atoms with van der Waals surface area (Å²) in [4.78, 5) is 43.1. The third kappa shape index (κ3) is 2.53. The molecule has 152 valence electrons. The zero-order valence-corrected chi connectivity index (χ0v) is 15.7. The first-order chi connectivity index (χ1) is 14.4. The number of urea groups is 1. The number of carbonyl (C=O) groups is 3. The molecule has 30 heavy (non-hydrogen) atoms. The molecule has 2 N–H and O–H groups in total. The maximum absolute atomic E-state index is 14.1. The zero-order chi connectivity index (χ0) is 21.0. The Balaban J connectivity index is 1.55. The third-order valence-corrected chi connectivity index (χ3v) is 5.36. The summed E-state index contributed by atoms with van der Waals surface area (Å²) in [7, 11) is 1.31. The molecule has 1 fully saturated rings. The first-order valence-corrected chi connectivity index (χ1v) is 9.04. The molecule has 3 aromatic rings. The van der Waals surface area contributed by atoms with Crippen molar-refractivity contribution in [3.8, 4) is 5.75 Å². The molecule has 1 atom stereocenters. The van der Waals surface area contributed by atoms with Gasteiger partial charge in [0.25, 0.3) is 11.8 Å². The molecule has 5 rings (SSSR count). The molecule has 4 amide bonds. The van der Waals surface area contributed by atoms with Crippen LogP contribution in [0.4, 0.5) is 9.18 Å². The Morgan fingerprint density at radius 2 is 2.13 bits per heavy atom. The maximum atomic E-state index is 14.1. The summed E-state index contributed by atoms with van der Waals surface area (Å²) in [5.41, 5.74) is -0.402. The second kappa shape index (κ2) is 6.28. The summed E-state index contributed by atoms with van der Waals surface area (Å²) < 4.78 is 24.9. The highest BCUT2D eigenvalue weighted by atomic mass is 19.1. The number of nitrogens with one attached hydrogen (secondary N) is 2. The number of carbonyl (C=O) groups excluding carboxylic acids is 3. The van der Waals surface area contributed by atoms with E-state index in [0.717, 1.165) is 0 Å². The highest BCUT2D eigenvalue weighted by Crippen LogP contribution is 2.35. The van der Waals surface area contributed by atoms with Crippen molar-refractivity contribution in [2.45, 2.75) is 12.1 Å². The first-order valence-electron chi connectivity index (χ1n) is 9.04. The Morgan fingerprint density at radius 1 is 1.30 bits per heavy atom. The van der Waals surface area contributed by atoms with E-state index in [1.54, 1.807) is 18.3 Å². The first kappa shape index (κ1) is 18.1. The zero-order valence-electron chi connectivity index (χ0n) is 15.7. The van der Waals surface area contributed by atoms with E-state index in [1.165, 1.54) is 30.3 Å². The van der Waals surface area contributed by atoms with Gasteiger partial charge in [-0.05, 0) is 29.8 Å². The van der Waals surface area contributed by atoms with Crippen molar-refractivity contribution in [1.82, 2.24) is 20.5 Å². The molecule has 1 aromatic carbocycles. The molecule has 0 unspecified atom stereocenters. The van der Waals surface area contributed by atoms with E-state index >= 15 is 0 Å². The van der Waals surface area contributed by atoms with Crippen molar-refractivity contribution < 1.29 is 27.9 Å². The van der Waals surface area contributed by atoms with Crippen LogP contribution in [-0.4, -0.2) is 41.4 Å². The van der Waals surface area contributed by atoms with Gasteiger partial charge in [0.2, 0.25) is 0 Å². The number of ether oxygens (including phenoxy) is 1. The molecule has 2 aliphatic heterocycles. The minimum absolute atomic E-state index is 0.0460. The van der Waals surface area contributed by atoms with Crippen molar-refractivity contribution in [2.75, 3.05) is 13.7 Å². The molecule has 2 aromatic heterocycles. The van der Waals surface area contributed by atoms with E-state index in [1.807, 2.05) is 0 Å². The number of pyridine rings is 1. The van der Waals surface area contributed by atoms with Crippen LogP contribution < -0.4 is 15.4 Å². The molecule has 0 aliphatic carbocycles. The summed E-state index contributed by atoms with van der Waals surface area (Å²) in [5, 5.41) is 5.44. The van der Waals surface area contributed by atoms with Gasteiger partial charge in [-0.15, -0.1) is 0 Å². The molecule has 0 radical (unpaired) electrons. The Kier molecular flexibility index (Phi) is 3.79. The van der Waals surface area contributed by atoms with Gasteiger partial charge in [0.1, 0.15) is 11.3 Å². The average Bonchev–Trinajstić information content (AvgIpc) is 3.36. The van der Waals surface area contributed by atoms with Gasteiger partial charge in [0.15, 0.2) is 17.1 Å². The number of aromatic nitrogens is 1. The Hall–Kier alpha value is -3.95. The summed E-state index contributed by atoms with van der Waals surface area (Å²) in [6.07, 6.45) is 3.11. The van der Waals surface area contributed by atoms with Crippen LogP contribution in [0.5, 0.6) is 5.75 Å². The van der Waals surface area contributed by atoms with E-state index < -0.39 is 29.2 Å². The number of hydrogen-bond donors (Lipinski definition) is 2. The highest BCUT2D eigenvalue weighted by molar-refractivity contribution is 6.08. The number of imide groups is 1. The number of amides is 4. The lowest BCUT2D eigenvalue weighted by molar-refractivity contribution is -0.125. The lowest BCUT2D eigenvalue weighted by Crippen LogP contribution is -2.52. The molecule has 2 aliphatic rings. The molecule has 10 heteroatoms. The minimum atomic E-state index is -1.63. The Bertz CT molecular complexity index is 1210. The average molecular weight is 410 g/mol. The van der Waals surface area contributed by atoms with E-state index in [2.05, 4.69) is 15.6 Å². The third-order valence-electron chi connectivity index (χ3n) is 5.36. The highest BCUT2D eigenvalue weighted by Gasteiger charge is 2.53. The van der Waals surface area contributed by atoms with Crippen LogP contribution in [0.15, 0.2) is 41.1 Å². The van der Waals surface area contributed by atoms with E-state index in [0.29, 0.717) is 16.5 Å². The molecular weight excluding hydrogens is 395 g/mol. The lowest BCUT2D eigenvalue weighted by Gasteiger charge is -2.29. The monoisotopic (exact) mass is 410 g/mol. The van der Waals surface area contributed by atoms with Crippen molar-refractivity contribution >= 4 is 28.8 Å². The maximum Gasteiger partial charge on any atom is 0.322 e. The molecule has 1 saturated heterocycles. The number of hydrogen-bond acceptors (Lipinski definition) is 6. The van der Waals surface area contributed by atoms with Crippen molar-refractivity contribution in [1.29, 1.82) is 0 Å². The second-order valence-electron chi connectivity index (χ2n) is 7.14. The predicted molar refractivity (Wildman–Crippen MR) is 100 cm³/mol. The molecule has 0 saturated carbocycles. The SMILES string of the molecule is COc1cc2c(cc1F)CN(C[C@@]1(c3cc4cnccc4o3)NC(=O)NC1=O)C2=O. The van der Waals surface area contributed by atoms with Crippen LogP contribution in [0, 0.1) is 5.82 Å². The van der Waals surface area contributed by atoms with Crippen molar-refractivity contribution in [2.24, 2.45) is 0 Å². The predicted octanol–water partition coefficient (Wildman–Crippen LogP) is 1.67. The van der Waals surface area contributed by atoms with E-state index in [-0.39, 0.29) is 30.2 Å². The molecule has 0 spiro atoms. The van der Waals surface area contributed by atoms with Crippen LogP contribution in [0.1, 0.15) is 21.7 Å². The fourth-order valence-electron chi connectivity index (χ4n) is 3.89. The van der Waals surface area contributed by atoms with Crippen LogP contribution in [0.2, 0.25) is 0 Å². The van der Waals surface area contributed by atoms with Crippen molar-refractivity contribution in [3.63, 3.8) is 0 Å². The van der Waals surface area contributed by atoms with Crippen LogP contribution in [0.25, 0.3) is 11.0 Å². The second-order valence-corrected chi connectivity index (χ2v) is 7.14. The van der Waals surface area contributed by atoms with E-state index in [9.17, 15) is 18.8 Å². The van der Waals surface area contributed by atoms with Gasteiger partial charge < -0.3 is 19.4 Å². The van der Waals surface area contributed by atoms with Gasteiger partial charge in [-0.2, -0.15) is 0 Å². The number of furan rings is 1. The van der Waals surface area contributed by atoms with Crippen LogP contribution in [-0.2, 0) is 16.9 Å². The van der Waals surface area contributed by atoms with Crippen molar-refractivity contribution in [3.05, 3.63) is 59.4 Å². The topological polar surface area (TPSA) is 114 Å². The molecular formula is C20H15FN4O5. The van der Waals surface area contributed by atoms with Crippen LogP contribution in [0.3, 0.4) is 0 Å². The molecule has 9 nitrogen and oxygen atoms in total. The summed E-state index contributed by atoms with van der Waals surface area (Å²) >= 11 is 0. The van der Waals surface area contributed by atoms with Gasteiger partial charge >= 0.3 is 6.03 Å². The van der Waals surface area contributed by atoms with Gasteiger partial charge in [-0.1, -0.05) is 0 Å². The number of fused-ring (bicyclic) bond motifs is 2. The lowest BCUT2D eigenvalue weighted by atomic mass is 9.95. The molecule has 4 heterocycles. The van der Waals surface area contributed by atoms with Gasteiger partial charge in [0.05, 0.1) is 13.7 Å². The van der Waals surface area contributed by atoms with Gasteiger partial charge in [0, 0.05) is 29.9 Å². The summed E-state index contributed by atoms with van der Waals surface area (Å²) in [5.74, 6) is -1.52. The molecule has 0 bridgehead atoms. The van der Waals surface area contributed by atoms with E-state index in [4.69, 9.17) is 9.15 Å². The number of nitrogens with zero attached hydrogens (tertiary/aromatic N) is 2. The largest absolute Gasteiger partial charge is 0.494 e. The fourth-order valence-corrected chi connectivity index (χ4v) is 3.89. The smallest absolute Gasteiger partial charge is 0.322 e.